The molecule has 17 heavy (non-hydrogen) atoms. The van der Waals surface area contributed by atoms with Gasteiger partial charge < -0.3 is 4.90 Å². The van der Waals surface area contributed by atoms with E-state index in [1.54, 1.807) is 0 Å². The van der Waals surface area contributed by atoms with Crippen molar-refractivity contribution in [2.75, 3.05) is 4.90 Å². The van der Waals surface area contributed by atoms with Gasteiger partial charge in [-0.3, -0.25) is 0 Å². The van der Waals surface area contributed by atoms with Crippen LogP contribution in [0.1, 0.15) is 38.7 Å². The molecule has 0 spiro atoms. The number of rotatable bonds is 2. The molecule has 1 aromatic rings. The first kappa shape index (κ1) is 12.4. The second-order valence-corrected chi connectivity index (χ2v) is 5.58. The molecule has 1 fully saturated rings. The lowest BCUT2D eigenvalue weighted by molar-refractivity contribution is 0.627. The standard InChI is InChI=1S/C14H17BrN2/c1-3-13-6-4-10(2)17(13)14-7-5-12(15)8-11(14)9-16/h5,7-8,10,13H,3-4,6H2,1-2H3. The summed E-state index contributed by atoms with van der Waals surface area (Å²) in [7, 11) is 0. The lowest BCUT2D eigenvalue weighted by Gasteiger charge is -2.31. The maximum atomic E-state index is 9.25. The molecular weight excluding hydrogens is 276 g/mol. The van der Waals surface area contributed by atoms with Crippen LogP contribution in [-0.4, -0.2) is 12.1 Å². The molecule has 2 unspecified atom stereocenters. The van der Waals surface area contributed by atoms with Crippen LogP contribution in [0.5, 0.6) is 0 Å². The average Bonchev–Trinajstić information content (AvgIpc) is 2.70. The molecule has 0 aromatic heterocycles. The third-order valence-electron chi connectivity index (χ3n) is 3.61. The van der Waals surface area contributed by atoms with Crippen LogP contribution < -0.4 is 4.90 Å². The van der Waals surface area contributed by atoms with Crippen LogP contribution in [-0.2, 0) is 0 Å². The summed E-state index contributed by atoms with van der Waals surface area (Å²) in [5, 5.41) is 9.25. The highest BCUT2D eigenvalue weighted by atomic mass is 79.9. The number of hydrogen-bond donors (Lipinski definition) is 0. The van der Waals surface area contributed by atoms with Gasteiger partial charge in [0.15, 0.2) is 0 Å². The van der Waals surface area contributed by atoms with E-state index in [0.29, 0.717) is 12.1 Å². The van der Waals surface area contributed by atoms with Gasteiger partial charge in [-0.1, -0.05) is 22.9 Å². The molecule has 90 valence electrons. The first-order valence-corrected chi connectivity index (χ1v) is 6.94. The monoisotopic (exact) mass is 292 g/mol. The molecule has 1 saturated heterocycles. The van der Waals surface area contributed by atoms with E-state index in [2.05, 4.69) is 46.8 Å². The molecule has 0 bridgehead atoms. The minimum absolute atomic E-state index is 0.535. The van der Waals surface area contributed by atoms with E-state index in [0.717, 1.165) is 22.1 Å². The number of hydrogen-bond acceptors (Lipinski definition) is 2. The maximum Gasteiger partial charge on any atom is 0.101 e. The molecule has 2 rings (SSSR count). The Morgan fingerprint density at radius 2 is 2.24 bits per heavy atom. The maximum absolute atomic E-state index is 9.25. The van der Waals surface area contributed by atoms with E-state index in [9.17, 15) is 5.26 Å². The predicted octanol–water partition coefficient (Wildman–Crippen LogP) is 4.09. The van der Waals surface area contributed by atoms with E-state index in [1.165, 1.54) is 12.8 Å². The highest BCUT2D eigenvalue weighted by molar-refractivity contribution is 9.10. The smallest absolute Gasteiger partial charge is 0.101 e. The van der Waals surface area contributed by atoms with Crippen LogP contribution >= 0.6 is 15.9 Å². The highest BCUT2D eigenvalue weighted by Gasteiger charge is 2.30. The fourth-order valence-corrected chi connectivity index (χ4v) is 3.09. The largest absolute Gasteiger partial charge is 0.365 e. The van der Waals surface area contributed by atoms with Crippen LogP contribution in [0.25, 0.3) is 0 Å². The fraction of sp³-hybridized carbons (Fsp3) is 0.500. The predicted molar refractivity (Wildman–Crippen MR) is 74.1 cm³/mol. The Morgan fingerprint density at radius 1 is 1.47 bits per heavy atom. The molecule has 1 heterocycles. The lowest BCUT2D eigenvalue weighted by Crippen LogP contribution is -2.34. The third-order valence-corrected chi connectivity index (χ3v) is 4.11. The van der Waals surface area contributed by atoms with Gasteiger partial charge in [-0.15, -0.1) is 0 Å². The van der Waals surface area contributed by atoms with Gasteiger partial charge >= 0.3 is 0 Å². The van der Waals surface area contributed by atoms with Crippen molar-refractivity contribution in [1.29, 1.82) is 5.26 Å². The van der Waals surface area contributed by atoms with Crippen molar-refractivity contribution in [3.63, 3.8) is 0 Å². The van der Waals surface area contributed by atoms with Gasteiger partial charge in [-0.25, -0.2) is 0 Å². The zero-order valence-electron chi connectivity index (χ0n) is 10.3. The van der Waals surface area contributed by atoms with Crippen molar-refractivity contribution in [2.45, 2.75) is 45.2 Å². The number of nitriles is 1. The molecule has 1 aliphatic heterocycles. The second-order valence-electron chi connectivity index (χ2n) is 4.67. The minimum Gasteiger partial charge on any atom is -0.365 e. The Kier molecular flexibility index (Phi) is 3.73. The molecular formula is C14H17BrN2. The Hall–Kier alpha value is -1.01. The van der Waals surface area contributed by atoms with Crippen LogP contribution in [0.3, 0.4) is 0 Å². The highest BCUT2D eigenvalue weighted by Crippen LogP contribution is 2.34. The van der Waals surface area contributed by atoms with Gasteiger partial charge in [0, 0.05) is 16.6 Å². The second kappa shape index (κ2) is 5.10. The number of benzene rings is 1. The summed E-state index contributed by atoms with van der Waals surface area (Å²) in [5.41, 5.74) is 1.86. The van der Waals surface area contributed by atoms with Gasteiger partial charge in [-0.05, 0) is 44.4 Å². The summed E-state index contributed by atoms with van der Waals surface area (Å²) < 4.78 is 0.970. The molecule has 0 saturated carbocycles. The van der Waals surface area contributed by atoms with Crippen molar-refractivity contribution in [2.24, 2.45) is 0 Å². The molecule has 3 heteroatoms. The molecule has 0 amide bonds. The summed E-state index contributed by atoms with van der Waals surface area (Å²) in [6.45, 7) is 4.47. The zero-order valence-corrected chi connectivity index (χ0v) is 11.9. The van der Waals surface area contributed by atoms with Crippen LogP contribution in [0.2, 0.25) is 0 Å². The van der Waals surface area contributed by atoms with Crippen molar-refractivity contribution in [3.8, 4) is 6.07 Å². The van der Waals surface area contributed by atoms with Crippen LogP contribution in [0.4, 0.5) is 5.69 Å². The lowest BCUT2D eigenvalue weighted by atomic mass is 10.1. The third kappa shape index (κ3) is 2.32. The molecule has 1 aromatic carbocycles. The normalized spacial score (nSPS) is 23.8. The summed E-state index contributed by atoms with van der Waals surface area (Å²) in [5.74, 6) is 0. The van der Waals surface area contributed by atoms with E-state index in [4.69, 9.17) is 0 Å². The average molecular weight is 293 g/mol. The van der Waals surface area contributed by atoms with Gasteiger partial charge in [0.05, 0.1) is 11.3 Å². The van der Waals surface area contributed by atoms with E-state index >= 15 is 0 Å². The molecule has 0 N–H and O–H groups in total. The van der Waals surface area contributed by atoms with Gasteiger partial charge in [0.2, 0.25) is 0 Å². The zero-order chi connectivity index (χ0) is 12.4. The molecule has 2 atom stereocenters. The van der Waals surface area contributed by atoms with Gasteiger partial charge in [0.25, 0.3) is 0 Å². The molecule has 2 nitrogen and oxygen atoms in total. The van der Waals surface area contributed by atoms with E-state index < -0.39 is 0 Å². The van der Waals surface area contributed by atoms with E-state index in [1.807, 2.05) is 12.1 Å². The summed E-state index contributed by atoms with van der Waals surface area (Å²) >= 11 is 3.42. The SMILES string of the molecule is CCC1CCC(C)N1c1ccc(Br)cc1C#N. The Balaban J connectivity index is 2.42. The summed E-state index contributed by atoms with van der Waals surface area (Å²) in [4.78, 5) is 2.42. The first-order chi connectivity index (χ1) is 8.17. The molecule has 0 aliphatic carbocycles. The Bertz CT molecular complexity index is 450. The van der Waals surface area contributed by atoms with Crippen molar-refractivity contribution in [3.05, 3.63) is 28.2 Å². The van der Waals surface area contributed by atoms with Crippen LogP contribution in [0, 0.1) is 11.3 Å². The van der Waals surface area contributed by atoms with Gasteiger partial charge in [0.1, 0.15) is 6.07 Å². The Labute approximate surface area is 111 Å². The Morgan fingerprint density at radius 3 is 2.88 bits per heavy atom. The molecule has 1 aliphatic rings. The quantitative estimate of drug-likeness (QED) is 0.821. The minimum atomic E-state index is 0.535. The van der Waals surface area contributed by atoms with Crippen molar-refractivity contribution in [1.82, 2.24) is 0 Å². The number of anilines is 1. The first-order valence-electron chi connectivity index (χ1n) is 6.15. The van der Waals surface area contributed by atoms with E-state index in [-0.39, 0.29) is 0 Å². The summed E-state index contributed by atoms with van der Waals surface area (Å²) in [6, 6.07) is 9.42. The topological polar surface area (TPSA) is 27.0 Å². The fourth-order valence-electron chi connectivity index (χ4n) is 2.73. The number of halogens is 1. The van der Waals surface area contributed by atoms with Crippen molar-refractivity contribution < 1.29 is 0 Å². The van der Waals surface area contributed by atoms with Crippen molar-refractivity contribution >= 4 is 21.6 Å². The van der Waals surface area contributed by atoms with Crippen LogP contribution in [0.15, 0.2) is 22.7 Å². The molecule has 0 radical (unpaired) electrons. The number of nitrogens with zero attached hydrogens (tertiary/aromatic N) is 2. The summed E-state index contributed by atoms with van der Waals surface area (Å²) in [6.07, 6.45) is 3.60. The van der Waals surface area contributed by atoms with Gasteiger partial charge in [-0.2, -0.15) is 5.26 Å².